The van der Waals surface area contributed by atoms with E-state index in [2.05, 4.69) is 39.0 Å². The molecule has 3 aliphatic rings. The number of hydrogen-bond donors (Lipinski definition) is 1. The van der Waals surface area contributed by atoms with Gasteiger partial charge < -0.3 is 23.7 Å². The predicted octanol–water partition coefficient (Wildman–Crippen LogP) is 4.49. The summed E-state index contributed by atoms with van der Waals surface area (Å²) < 4.78 is 29.1. The maximum atomic E-state index is 10.6. The van der Waals surface area contributed by atoms with Gasteiger partial charge >= 0.3 is 0 Å². The van der Waals surface area contributed by atoms with E-state index in [1.165, 1.54) is 21.3 Å². The van der Waals surface area contributed by atoms with Gasteiger partial charge in [-0.15, -0.1) is 0 Å². The Bertz CT molecular complexity index is 1170. The number of nitrogens with one attached hydrogen (secondary N) is 1. The van der Waals surface area contributed by atoms with Gasteiger partial charge in [-0.2, -0.15) is 15.8 Å². The fraction of sp³-hybridized carbons (Fsp3) is 0.615. The number of rotatable bonds is 4. The van der Waals surface area contributed by atoms with Crippen LogP contribution in [0.1, 0.15) is 51.7 Å². The molecule has 2 aliphatic heterocycles. The van der Waals surface area contributed by atoms with Gasteiger partial charge in [0.25, 0.3) is 0 Å². The lowest BCUT2D eigenvalue weighted by Crippen LogP contribution is -2.61. The van der Waals surface area contributed by atoms with Gasteiger partial charge in [0, 0.05) is 18.1 Å². The lowest BCUT2D eigenvalue weighted by atomic mass is 9.49. The van der Waals surface area contributed by atoms with Crippen molar-refractivity contribution in [3.05, 3.63) is 17.7 Å². The van der Waals surface area contributed by atoms with Crippen LogP contribution in [0.5, 0.6) is 17.2 Å². The van der Waals surface area contributed by atoms with Crippen LogP contribution in [0.25, 0.3) is 0 Å². The van der Waals surface area contributed by atoms with E-state index in [1.54, 1.807) is 12.1 Å². The molecule has 1 aliphatic carbocycles. The first-order valence-electron chi connectivity index (χ1n) is 11.5. The number of hydrogen-bond acceptors (Lipinski definition) is 9. The van der Waals surface area contributed by atoms with Crippen molar-refractivity contribution in [2.45, 2.75) is 51.9 Å². The molecule has 1 saturated carbocycles. The highest BCUT2D eigenvalue weighted by Crippen LogP contribution is 2.71. The molecule has 35 heavy (non-hydrogen) atoms. The summed E-state index contributed by atoms with van der Waals surface area (Å²) in [6.45, 7) is 6.39. The van der Waals surface area contributed by atoms with E-state index in [-0.39, 0.29) is 17.2 Å². The quantitative estimate of drug-likeness (QED) is 0.667. The molecule has 0 aromatic heterocycles. The van der Waals surface area contributed by atoms with Crippen LogP contribution in [0.3, 0.4) is 0 Å². The van der Waals surface area contributed by atoms with E-state index in [1.807, 2.05) is 0 Å². The molecule has 9 heteroatoms. The van der Waals surface area contributed by atoms with Crippen molar-refractivity contribution >= 4 is 5.90 Å². The first-order chi connectivity index (χ1) is 16.5. The molecule has 184 valence electrons. The van der Waals surface area contributed by atoms with Gasteiger partial charge in [0.2, 0.25) is 17.1 Å². The number of benzene rings is 1. The monoisotopic (exact) mass is 478 g/mol. The Hall–Kier alpha value is -3.48. The third-order valence-corrected chi connectivity index (χ3v) is 8.15. The Morgan fingerprint density at radius 2 is 1.57 bits per heavy atom. The molecular weight excluding hydrogens is 448 g/mol. The second-order valence-corrected chi connectivity index (χ2v) is 10.5. The van der Waals surface area contributed by atoms with Crippen LogP contribution in [-0.2, 0) is 9.47 Å². The molecule has 1 aromatic carbocycles. The molecule has 9 nitrogen and oxygen atoms in total. The van der Waals surface area contributed by atoms with Crippen molar-refractivity contribution in [3.8, 4) is 35.5 Å². The second kappa shape index (κ2) is 8.04. The normalized spacial score (nSPS) is 32.8. The Morgan fingerprint density at radius 3 is 2.09 bits per heavy atom. The number of nitriles is 3. The lowest BCUT2D eigenvalue weighted by Gasteiger charge is -2.54. The fourth-order valence-corrected chi connectivity index (χ4v) is 6.16. The van der Waals surface area contributed by atoms with Gasteiger partial charge in [-0.1, -0.05) is 20.8 Å². The SMILES string of the molecule is COc1cc(OC)c(C2OC34CCC(C(C)(C)C)CC3C(C#N)(C(=N)O4)C2(C#N)C#N)cc1OC. The standard InChI is InChI=1S/C26H30N4O5/c1-23(2,3)15-7-8-26-20(9-15)25(14-29,22(30)35-26)24(12-27,13-28)21(34-26)16-10-18(32-5)19(33-6)11-17(16)31-4/h10-11,15,20-21,30H,7-9H2,1-6H3. The maximum absolute atomic E-state index is 10.6. The predicted molar refractivity (Wildman–Crippen MR) is 123 cm³/mol. The molecule has 0 radical (unpaired) electrons. The van der Waals surface area contributed by atoms with Gasteiger partial charge in [0.05, 0.1) is 45.5 Å². The van der Waals surface area contributed by atoms with E-state index in [4.69, 9.17) is 29.1 Å². The molecule has 2 heterocycles. The third kappa shape index (κ3) is 3.03. The second-order valence-electron chi connectivity index (χ2n) is 10.5. The van der Waals surface area contributed by atoms with E-state index in [0.29, 0.717) is 35.7 Å². The highest BCUT2D eigenvalue weighted by Gasteiger charge is 2.81. The third-order valence-electron chi connectivity index (χ3n) is 8.15. The maximum Gasteiger partial charge on any atom is 0.217 e. The zero-order chi connectivity index (χ0) is 25.8. The van der Waals surface area contributed by atoms with E-state index in [9.17, 15) is 15.8 Å². The van der Waals surface area contributed by atoms with Crippen LogP contribution in [0.4, 0.5) is 0 Å². The summed E-state index contributed by atoms with van der Waals surface area (Å²) in [5, 5.41) is 40.5. The summed E-state index contributed by atoms with van der Waals surface area (Å²) in [7, 11) is 4.41. The van der Waals surface area contributed by atoms with Crippen LogP contribution < -0.4 is 14.2 Å². The van der Waals surface area contributed by atoms with Crippen LogP contribution in [0, 0.1) is 67.5 Å². The van der Waals surface area contributed by atoms with E-state index < -0.39 is 28.6 Å². The Kier molecular flexibility index (Phi) is 5.66. The molecule has 1 N–H and O–H groups in total. The molecule has 5 unspecified atom stereocenters. The van der Waals surface area contributed by atoms with Crippen LogP contribution in [0.15, 0.2) is 12.1 Å². The molecule has 4 rings (SSSR count). The van der Waals surface area contributed by atoms with Crippen LogP contribution in [-0.4, -0.2) is 33.0 Å². The zero-order valence-corrected chi connectivity index (χ0v) is 20.9. The fourth-order valence-electron chi connectivity index (χ4n) is 6.16. The van der Waals surface area contributed by atoms with Gasteiger partial charge in [-0.25, -0.2) is 0 Å². The molecule has 2 bridgehead atoms. The van der Waals surface area contributed by atoms with Crippen LogP contribution >= 0.6 is 0 Å². The van der Waals surface area contributed by atoms with Gasteiger partial charge in [-0.05, 0) is 30.2 Å². The first-order valence-corrected chi connectivity index (χ1v) is 11.5. The lowest BCUT2D eigenvalue weighted by molar-refractivity contribution is -0.301. The Balaban J connectivity index is 1.99. The van der Waals surface area contributed by atoms with Crippen molar-refractivity contribution in [1.82, 2.24) is 0 Å². The summed E-state index contributed by atoms with van der Waals surface area (Å²) >= 11 is 0. The van der Waals surface area contributed by atoms with Crippen LogP contribution in [0.2, 0.25) is 0 Å². The highest BCUT2D eigenvalue weighted by molar-refractivity contribution is 5.89. The minimum atomic E-state index is -2.07. The molecule has 5 atom stereocenters. The van der Waals surface area contributed by atoms with Gasteiger partial charge in [0.1, 0.15) is 11.9 Å². The molecule has 1 aromatic rings. The van der Waals surface area contributed by atoms with E-state index in [0.717, 1.165) is 6.42 Å². The number of methoxy groups -OCH3 is 3. The van der Waals surface area contributed by atoms with E-state index >= 15 is 0 Å². The highest BCUT2D eigenvalue weighted by atomic mass is 16.7. The van der Waals surface area contributed by atoms with Crippen molar-refractivity contribution in [2.75, 3.05) is 21.3 Å². The van der Waals surface area contributed by atoms with Gasteiger partial charge in [-0.3, -0.25) is 5.41 Å². The van der Waals surface area contributed by atoms with Crippen molar-refractivity contribution in [3.63, 3.8) is 0 Å². The average Bonchev–Trinajstić information content (AvgIpc) is 3.05. The summed E-state index contributed by atoms with van der Waals surface area (Å²) in [5.41, 5.74) is -3.61. The van der Waals surface area contributed by atoms with Crippen molar-refractivity contribution < 1.29 is 23.7 Å². The molecule has 3 fully saturated rings. The van der Waals surface area contributed by atoms with Crippen molar-refractivity contribution in [2.24, 2.45) is 28.1 Å². The Morgan fingerprint density at radius 1 is 0.971 bits per heavy atom. The minimum absolute atomic E-state index is 0.0642. The van der Waals surface area contributed by atoms with Crippen molar-refractivity contribution in [1.29, 1.82) is 21.2 Å². The van der Waals surface area contributed by atoms with Gasteiger partial charge in [0.15, 0.2) is 16.9 Å². The summed E-state index contributed by atoms with van der Waals surface area (Å²) in [6.07, 6.45) is 0.457. The minimum Gasteiger partial charge on any atom is -0.496 e. The first kappa shape index (κ1) is 24.6. The smallest absolute Gasteiger partial charge is 0.217 e. The summed E-state index contributed by atoms with van der Waals surface area (Å²) in [4.78, 5) is 0. The average molecular weight is 479 g/mol. The Labute approximate surface area is 205 Å². The topological polar surface area (TPSA) is 141 Å². The largest absolute Gasteiger partial charge is 0.496 e. The molecular formula is C26H30N4O5. The zero-order valence-electron chi connectivity index (χ0n) is 20.9. The summed E-state index contributed by atoms with van der Waals surface area (Å²) in [6, 6.07) is 9.64. The molecule has 2 saturated heterocycles. The molecule has 0 spiro atoms. The number of ether oxygens (including phenoxy) is 5. The molecule has 0 amide bonds. The summed E-state index contributed by atoms with van der Waals surface area (Å²) in [5.74, 6) is -1.08. The number of nitrogens with zero attached hydrogens (tertiary/aromatic N) is 3.